The molecule has 17 heavy (non-hydrogen) atoms. The number of aliphatic carboxylic acids is 1. The Bertz CT molecular complexity index is 304. The van der Waals surface area contributed by atoms with Gasteiger partial charge in [-0.15, -0.1) is 0 Å². The molecular weight excluding hydrogens is 224 g/mol. The Hall–Kier alpha value is -1.14. The quantitative estimate of drug-likeness (QED) is 0.699. The predicted octanol–water partition coefficient (Wildman–Crippen LogP) is -0.184. The summed E-state index contributed by atoms with van der Waals surface area (Å²) in [6, 6.07) is 0. The van der Waals surface area contributed by atoms with Crippen molar-refractivity contribution in [3.05, 3.63) is 0 Å². The van der Waals surface area contributed by atoms with E-state index in [2.05, 4.69) is 0 Å². The molecule has 1 amide bonds. The van der Waals surface area contributed by atoms with E-state index in [1.54, 1.807) is 6.92 Å². The van der Waals surface area contributed by atoms with Crippen molar-refractivity contribution in [1.29, 1.82) is 0 Å². The summed E-state index contributed by atoms with van der Waals surface area (Å²) >= 11 is 0. The molecule has 0 aromatic carbocycles. The zero-order chi connectivity index (χ0) is 13.1. The van der Waals surface area contributed by atoms with Gasteiger partial charge in [-0.2, -0.15) is 0 Å². The summed E-state index contributed by atoms with van der Waals surface area (Å²) in [6.07, 6.45) is 1.00. The molecule has 0 saturated carbocycles. The minimum absolute atomic E-state index is 0.135. The second-order valence-corrected chi connectivity index (χ2v) is 4.53. The van der Waals surface area contributed by atoms with E-state index >= 15 is 0 Å². The monoisotopic (exact) mass is 244 g/mol. The summed E-state index contributed by atoms with van der Waals surface area (Å²) < 4.78 is 5.04. The second kappa shape index (κ2) is 5.46. The maximum absolute atomic E-state index is 12.0. The van der Waals surface area contributed by atoms with Crippen molar-refractivity contribution in [2.75, 3.05) is 20.2 Å². The van der Waals surface area contributed by atoms with E-state index in [-0.39, 0.29) is 25.0 Å². The molecule has 1 fully saturated rings. The number of nitrogens with two attached hydrogens (primary N) is 1. The highest BCUT2D eigenvalue weighted by Gasteiger charge is 2.45. The summed E-state index contributed by atoms with van der Waals surface area (Å²) in [6.45, 7) is 2.33. The fraction of sp³-hybridized carbons (Fsp3) is 0.818. The van der Waals surface area contributed by atoms with E-state index in [0.29, 0.717) is 13.0 Å². The van der Waals surface area contributed by atoms with Crippen molar-refractivity contribution in [2.45, 2.75) is 37.8 Å². The molecule has 0 spiro atoms. The standard InChI is InChI=1S/C11H20N2O4/c1-11(10(15)16)4-3-5-13(11)9(14)6-8(7-12)17-2/h8H,3-7,12H2,1-2H3,(H,15,16). The molecule has 1 aliphatic rings. The molecule has 98 valence electrons. The van der Waals surface area contributed by atoms with Crippen LogP contribution in [0.2, 0.25) is 0 Å². The van der Waals surface area contributed by atoms with E-state index in [9.17, 15) is 14.7 Å². The Morgan fingerprint density at radius 1 is 1.59 bits per heavy atom. The summed E-state index contributed by atoms with van der Waals surface area (Å²) in [4.78, 5) is 24.7. The molecule has 2 unspecified atom stereocenters. The number of nitrogens with zero attached hydrogens (tertiary/aromatic N) is 1. The Balaban J connectivity index is 2.72. The number of carbonyl (C=O) groups excluding carboxylic acids is 1. The largest absolute Gasteiger partial charge is 0.480 e. The number of carboxylic acid groups (broad SMARTS) is 1. The van der Waals surface area contributed by atoms with Crippen LogP contribution < -0.4 is 5.73 Å². The highest BCUT2D eigenvalue weighted by atomic mass is 16.5. The lowest BCUT2D eigenvalue weighted by Crippen LogP contribution is -2.51. The molecule has 1 rings (SSSR count). The Morgan fingerprint density at radius 3 is 2.71 bits per heavy atom. The van der Waals surface area contributed by atoms with Gasteiger partial charge in [-0.25, -0.2) is 4.79 Å². The normalized spacial score (nSPS) is 25.9. The van der Waals surface area contributed by atoms with Gasteiger partial charge in [0.2, 0.25) is 5.91 Å². The van der Waals surface area contributed by atoms with Crippen molar-refractivity contribution in [3.63, 3.8) is 0 Å². The van der Waals surface area contributed by atoms with Crippen LogP contribution in [0.25, 0.3) is 0 Å². The topological polar surface area (TPSA) is 92.9 Å². The number of likely N-dealkylation sites (tertiary alicyclic amines) is 1. The van der Waals surface area contributed by atoms with Crippen molar-refractivity contribution in [1.82, 2.24) is 4.90 Å². The average Bonchev–Trinajstić information content (AvgIpc) is 2.69. The summed E-state index contributed by atoms with van der Waals surface area (Å²) in [5.74, 6) is -1.16. The molecule has 6 heteroatoms. The van der Waals surface area contributed by atoms with E-state index in [1.807, 2.05) is 0 Å². The van der Waals surface area contributed by atoms with Gasteiger partial charge in [-0.05, 0) is 19.8 Å². The zero-order valence-corrected chi connectivity index (χ0v) is 10.3. The first kappa shape index (κ1) is 13.9. The Morgan fingerprint density at radius 2 is 2.24 bits per heavy atom. The summed E-state index contributed by atoms with van der Waals surface area (Å²) in [5, 5.41) is 9.19. The highest BCUT2D eigenvalue weighted by Crippen LogP contribution is 2.30. The average molecular weight is 244 g/mol. The van der Waals surface area contributed by atoms with Crippen molar-refractivity contribution < 1.29 is 19.4 Å². The van der Waals surface area contributed by atoms with Crippen molar-refractivity contribution in [2.24, 2.45) is 5.73 Å². The van der Waals surface area contributed by atoms with Gasteiger partial charge in [0.1, 0.15) is 5.54 Å². The van der Waals surface area contributed by atoms with Crippen molar-refractivity contribution in [3.8, 4) is 0 Å². The number of ether oxygens (including phenoxy) is 1. The number of carboxylic acids is 1. The summed E-state index contributed by atoms with van der Waals surface area (Å²) in [7, 11) is 1.49. The molecular formula is C11H20N2O4. The van der Waals surface area contributed by atoms with Gasteiger partial charge < -0.3 is 20.5 Å². The SMILES string of the molecule is COC(CN)CC(=O)N1CCCC1(C)C(=O)O. The molecule has 1 saturated heterocycles. The number of carbonyl (C=O) groups is 2. The van der Waals surface area contributed by atoms with Crippen LogP contribution in [0.4, 0.5) is 0 Å². The molecule has 1 aliphatic heterocycles. The van der Waals surface area contributed by atoms with Crippen LogP contribution in [0.1, 0.15) is 26.2 Å². The molecule has 6 nitrogen and oxygen atoms in total. The second-order valence-electron chi connectivity index (χ2n) is 4.53. The van der Waals surface area contributed by atoms with Crippen LogP contribution in [0.5, 0.6) is 0 Å². The van der Waals surface area contributed by atoms with E-state index < -0.39 is 11.5 Å². The van der Waals surface area contributed by atoms with Gasteiger partial charge in [0, 0.05) is 20.2 Å². The lowest BCUT2D eigenvalue weighted by atomic mass is 9.99. The maximum atomic E-state index is 12.0. The molecule has 0 aromatic heterocycles. The Labute approximate surface area is 101 Å². The van der Waals surface area contributed by atoms with Gasteiger partial charge in [0.05, 0.1) is 12.5 Å². The third-order valence-electron chi connectivity index (χ3n) is 3.40. The van der Waals surface area contributed by atoms with E-state index in [4.69, 9.17) is 10.5 Å². The number of hydrogen-bond donors (Lipinski definition) is 2. The summed E-state index contributed by atoms with van der Waals surface area (Å²) in [5.41, 5.74) is 4.37. The fourth-order valence-corrected chi connectivity index (χ4v) is 2.15. The molecule has 0 aromatic rings. The lowest BCUT2D eigenvalue weighted by Gasteiger charge is -2.32. The first-order valence-corrected chi connectivity index (χ1v) is 5.72. The van der Waals surface area contributed by atoms with Gasteiger partial charge >= 0.3 is 5.97 Å². The highest BCUT2D eigenvalue weighted by molar-refractivity contribution is 5.87. The lowest BCUT2D eigenvalue weighted by molar-refractivity contribution is -0.156. The first-order valence-electron chi connectivity index (χ1n) is 5.72. The Kier molecular flexibility index (Phi) is 4.47. The van der Waals surface area contributed by atoms with Crippen LogP contribution in [-0.2, 0) is 14.3 Å². The van der Waals surface area contributed by atoms with Gasteiger partial charge in [-0.1, -0.05) is 0 Å². The van der Waals surface area contributed by atoms with Crippen LogP contribution in [0, 0.1) is 0 Å². The third-order valence-corrected chi connectivity index (χ3v) is 3.40. The van der Waals surface area contributed by atoms with Crippen LogP contribution in [0.3, 0.4) is 0 Å². The molecule has 3 N–H and O–H groups in total. The maximum Gasteiger partial charge on any atom is 0.329 e. The number of rotatable bonds is 5. The smallest absolute Gasteiger partial charge is 0.329 e. The van der Waals surface area contributed by atoms with Crippen LogP contribution in [-0.4, -0.2) is 53.7 Å². The number of methoxy groups -OCH3 is 1. The van der Waals surface area contributed by atoms with E-state index in [1.165, 1.54) is 12.0 Å². The van der Waals surface area contributed by atoms with Gasteiger partial charge in [-0.3, -0.25) is 4.79 Å². The first-order chi connectivity index (χ1) is 7.95. The van der Waals surface area contributed by atoms with Crippen LogP contribution >= 0.6 is 0 Å². The number of hydrogen-bond acceptors (Lipinski definition) is 4. The molecule has 0 radical (unpaired) electrons. The molecule has 0 bridgehead atoms. The fourth-order valence-electron chi connectivity index (χ4n) is 2.15. The predicted molar refractivity (Wildman–Crippen MR) is 61.5 cm³/mol. The van der Waals surface area contributed by atoms with Gasteiger partial charge in [0.25, 0.3) is 0 Å². The third kappa shape index (κ3) is 2.76. The van der Waals surface area contributed by atoms with Crippen LogP contribution in [0.15, 0.2) is 0 Å². The molecule has 0 aliphatic carbocycles. The van der Waals surface area contributed by atoms with Crippen molar-refractivity contribution >= 4 is 11.9 Å². The minimum atomic E-state index is -1.08. The van der Waals surface area contributed by atoms with E-state index in [0.717, 1.165) is 6.42 Å². The molecule has 2 atom stereocenters. The molecule has 1 heterocycles. The van der Waals surface area contributed by atoms with Gasteiger partial charge in [0.15, 0.2) is 0 Å². The minimum Gasteiger partial charge on any atom is -0.480 e. The number of amides is 1. The zero-order valence-electron chi connectivity index (χ0n) is 10.3.